The Morgan fingerprint density at radius 1 is 1.00 bits per heavy atom. The van der Waals surface area contributed by atoms with E-state index in [1.54, 1.807) is 0 Å². The normalized spacial score (nSPS) is 29.1. The summed E-state index contributed by atoms with van der Waals surface area (Å²) in [6.45, 7) is 4.18. The van der Waals surface area contributed by atoms with Crippen molar-refractivity contribution in [2.45, 2.75) is 56.8 Å². The van der Waals surface area contributed by atoms with Crippen LogP contribution in [0.1, 0.15) is 37.7 Å². The second kappa shape index (κ2) is 8.40. The second-order valence-corrected chi connectivity index (χ2v) is 8.07. The number of rotatable bonds is 4. The molecule has 0 aromatic heterocycles. The number of hydrogen-bond donors (Lipinski definition) is 2. The first kappa shape index (κ1) is 18.4. The van der Waals surface area contributed by atoms with Gasteiger partial charge in [-0.1, -0.05) is 43.2 Å². The Labute approximate surface area is 161 Å². The SMILES string of the molecule is O=C1N[C@H]2CCCC[C@H]2N[C@@H]1CC(=O)N1CCN(Cc2ccccc2)CC1. The molecule has 0 unspecified atom stereocenters. The van der Waals surface area contributed by atoms with Crippen molar-refractivity contribution in [1.29, 1.82) is 0 Å². The molecule has 6 heteroatoms. The van der Waals surface area contributed by atoms with Gasteiger partial charge in [-0.15, -0.1) is 0 Å². The minimum atomic E-state index is -0.376. The van der Waals surface area contributed by atoms with Crippen molar-refractivity contribution in [2.24, 2.45) is 0 Å². The molecular formula is C21H30N4O2. The van der Waals surface area contributed by atoms with E-state index in [0.29, 0.717) is 6.04 Å². The molecule has 2 heterocycles. The smallest absolute Gasteiger partial charge is 0.237 e. The van der Waals surface area contributed by atoms with Gasteiger partial charge in [0.05, 0.1) is 12.5 Å². The van der Waals surface area contributed by atoms with Gasteiger partial charge in [0, 0.05) is 44.8 Å². The lowest BCUT2D eigenvalue weighted by atomic mass is 9.87. The van der Waals surface area contributed by atoms with Crippen molar-refractivity contribution in [1.82, 2.24) is 20.4 Å². The van der Waals surface area contributed by atoms with Crippen molar-refractivity contribution in [3.05, 3.63) is 35.9 Å². The molecule has 2 amide bonds. The zero-order valence-electron chi connectivity index (χ0n) is 15.9. The van der Waals surface area contributed by atoms with Crippen LogP contribution >= 0.6 is 0 Å². The summed E-state index contributed by atoms with van der Waals surface area (Å²) in [6, 6.07) is 10.6. The number of amides is 2. The molecule has 27 heavy (non-hydrogen) atoms. The fourth-order valence-corrected chi connectivity index (χ4v) is 4.57. The van der Waals surface area contributed by atoms with Crippen LogP contribution in [0.4, 0.5) is 0 Å². The van der Waals surface area contributed by atoms with Crippen LogP contribution in [-0.2, 0) is 16.1 Å². The summed E-state index contributed by atoms with van der Waals surface area (Å²) in [4.78, 5) is 29.4. The minimum Gasteiger partial charge on any atom is -0.350 e. The van der Waals surface area contributed by atoms with E-state index in [-0.39, 0.29) is 30.3 Å². The average Bonchev–Trinajstić information content (AvgIpc) is 2.70. The molecule has 1 aliphatic carbocycles. The summed E-state index contributed by atoms with van der Waals surface area (Å²) >= 11 is 0. The van der Waals surface area contributed by atoms with Gasteiger partial charge in [-0.05, 0) is 18.4 Å². The fourth-order valence-electron chi connectivity index (χ4n) is 4.57. The molecular weight excluding hydrogens is 340 g/mol. The zero-order chi connectivity index (χ0) is 18.6. The van der Waals surface area contributed by atoms with E-state index in [0.717, 1.165) is 45.6 Å². The largest absolute Gasteiger partial charge is 0.350 e. The third kappa shape index (κ3) is 4.50. The first-order valence-electron chi connectivity index (χ1n) is 10.3. The van der Waals surface area contributed by atoms with E-state index in [1.165, 1.54) is 18.4 Å². The Bertz CT molecular complexity index is 657. The lowest BCUT2D eigenvalue weighted by Gasteiger charge is -2.41. The molecule has 1 aromatic carbocycles. The first-order valence-corrected chi connectivity index (χ1v) is 10.3. The highest BCUT2D eigenvalue weighted by atomic mass is 16.2. The molecule has 4 rings (SSSR count). The maximum atomic E-state index is 12.7. The van der Waals surface area contributed by atoms with Gasteiger partial charge in [0.2, 0.25) is 11.8 Å². The van der Waals surface area contributed by atoms with Crippen LogP contribution in [0.3, 0.4) is 0 Å². The Balaban J connectivity index is 1.25. The van der Waals surface area contributed by atoms with Gasteiger partial charge in [0.1, 0.15) is 0 Å². The minimum absolute atomic E-state index is 0.00536. The van der Waals surface area contributed by atoms with E-state index < -0.39 is 0 Å². The van der Waals surface area contributed by atoms with E-state index >= 15 is 0 Å². The van der Waals surface area contributed by atoms with Gasteiger partial charge in [-0.25, -0.2) is 0 Å². The van der Waals surface area contributed by atoms with Crippen molar-refractivity contribution >= 4 is 11.8 Å². The molecule has 3 aliphatic rings. The first-order chi connectivity index (χ1) is 13.2. The van der Waals surface area contributed by atoms with Crippen LogP contribution in [-0.4, -0.2) is 65.9 Å². The summed E-state index contributed by atoms with van der Waals surface area (Å²) in [5.74, 6) is 0.0884. The maximum Gasteiger partial charge on any atom is 0.237 e. The maximum absolute atomic E-state index is 12.7. The van der Waals surface area contributed by atoms with Crippen molar-refractivity contribution in [2.75, 3.05) is 26.2 Å². The number of hydrogen-bond acceptors (Lipinski definition) is 4. The summed E-state index contributed by atoms with van der Waals surface area (Å²) in [6.07, 6.45) is 4.79. The highest BCUT2D eigenvalue weighted by Gasteiger charge is 2.37. The van der Waals surface area contributed by atoms with Crippen LogP contribution in [0.25, 0.3) is 0 Å². The zero-order valence-corrected chi connectivity index (χ0v) is 15.9. The summed E-state index contributed by atoms with van der Waals surface area (Å²) in [5, 5.41) is 6.58. The van der Waals surface area contributed by atoms with Crippen LogP contribution in [0.2, 0.25) is 0 Å². The van der Waals surface area contributed by atoms with E-state index in [2.05, 4.69) is 39.8 Å². The number of piperazine rings is 2. The van der Waals surface area contributed by atoms with Crippen LogP contribution in [0, 0.1) is 0 Å². The Morgan fingerprint density at radius 2 is 1.70 bits per heavy atom. The number of fused-ring (bicyclic) bond motifs is 1. The molecule has 1 aromatic rings. The monoisotopic (exact) mass is 370 g/mol. The van der Waals surface area contributed by atoms with Crippen LogP contribution in [0.15, 0.2) is 30.3 Å². The Kier molecular flexibility index (Phi) is 5.74. The summed E-state index contributed by atoms with van der Waals surface area (Å²) in [7, 11) is 0. The second-order valence-electron chi connectivity index (χ2n) is 8.07. The molecule has 3 atom stereocenters. The molecule has 2 aliphatic heterocycles. The highest BCUT2D eigenvalue weighted by Crippen LogP contribution is 2.22. The van der Waals surface area contributed by atoms with Gasteiger partial charge in [0.25, 0.3) is 0 Å². The molecule has 1 saturated carbocycles. The van der Waals surface area contributed by atoms with E-state index in [1.807, 2.05) is 11.0 Å². The van der Waals surface area contributed by atoms with Crippen LogP contribution < -0.4 is 10.6 Å². The average molecular weight is 370 g/mol. The fraction of sp³-hybridized carbons (Fsp3) is 0.619. The van der Waals surface area contributed by atoms with Crippen molar-refractivity contribution < 1.29 is 9.59 Å². The lowest BCUT2D eigenvalue weighted by molar-refractivity contribution is -0.137. The van der Waals surface area contributed by atoms with Crippen LogP contribution in [0.5, 0.6) is 0 Å². The molecule has 0 spiro atoms. The molecule has 2 saturated heterocycles. The van der Waals surface area contributed by atoms with Gasteiger partial charge in [-0.3, -0.25) is 14.5 Å². The van der Waals surface area contributed by atoms with Gasteiger partial charge in [-0.2, -0.15) is 0 Å². The number of nitrogens with one attached hydrogen (secondary N) is 2. The molecule has 2 N–H and O–H groups in total. The lowest BCUT2D eigenvalue weighted by Crippen LogP contribution is -2.65. The topological polar surface area (TPSA) is 64.7 Å². The highest BCUT2D eigenvalue weighted by molar-refractivity contribution is 5.89. The molecule has 0 radical (unpaired) electrons. The third-order valence-corrected chi connectivity index (χ3v) is 6.18. The predicted molar refractivity (Wildman–Crippen MR) is 104 cm³/mol. The summed E-state index contributed by atoms with van der Waals surface area (Å²) in [5.41, 5.74) is 1.31. The van der Waals surface area contributed by atoms with Crippen molar-refractivity contribution in [3.63, 3.8) is 0 Å². The number of carbonyl (C=O) groups excluding carboxylic acids is 2. The number of nitrogens with zero attached hydrogens (tertiary/aromatic N) is 2. The van der Waals surface area contributed by atoms with E-state index in [9.17, 15) is 9.59 Å². The van der Waals surface area contributed by atoms with Gasteiger partial charge < -0.3 is 15.5 Å². The van der Waals surface area contributed by atoms with Crippen molar-refractivity contribution in [3.8, 4) is 0 Å². The van der Waals surface area contributed by atoms with Gasteiger partial charge in [0.15, 0.2) is 0 Å². The van der Waals surface area contributed by atoms with E-state index in [4.69, 9.17) is 0 Å². The predicted octanol–water partition coefficient (Wildman–Crippen LogP) is 1.12. The molecule has 146 valence electrons. The molecule has 6 nitrogen and oxygen atoms in total. The number of carbonyl (C=O) groups is 2. The summed E-state index contributed by atoms with van der Waals surface area (Å²) < 4.78 is 0. The van der Waals surface area contributed by atoms with Gasteiger partial charge >= 0.3 is 0 Å². The quantitative estimate of drug-likeness (QED) is 0.834. The number of benzene rings is 1. The Morgan fingerprint density at radius 3 is 2.44 bits per heavy atom. The Hall–Kier alpha value is -1.92. The molecule has 0 bridgehead atoms. The standard InChI is InChI=1S/C21H30N4O2/c26-20(14-19-21(27)23-18-9-5-4-8-17(18)22-19)25-12-10-24(11-13-25)15-16-6-2-1-3-7-16/h1-3,6-7,17-19,22H,4-5,8-15H2,(H,23,27)/t17-,18+,19-/m1/s1. The third-order valence-electron chi connectivity index (χ3n) is 6.18. The molecule has 3 fully saturated rings.